The van der Waals surface area contributed by atoms with Crippen LogP contribution in [0.1, 0.15) is 27.7 Å². The highest BCUT2D eigenvalue weighted by atomic mass is 16.5. The van der Waals surface area contributed by atoms with Crippen molar-refractivity contribution in [2.75, 3.05) is 58.4 Å². The van der Waals surface area contributed by atoms with E-state index in [1.807, 2.05) is 12.1 Å². The van der Waals surface area contributed by atoms with Crippen LogP contribution in [-0.2, 0) is 0 Å². The first-order valence-electron chi connectivity index (χ1n) is 11.5. The van der Waals surface area contributed by atoms with Crippen molar-refractivity contribution in [3.63, 3.8) is 0 Å². The van der Waals surface area contributed by atoms with E-state index in [1.54, 1.807) is 14.2 Å². The van der Waals surface area contributed by atoms with Crippen LogP contribution in [0.15, 0.2) is 42.5 Å². The van der Waals surface area contributed by atoms with Gasteiger partial charge in [-0.2, -0.15) is 0 Å². The number of hydrogen-bond acceptors (Lipinski definition) is 5. The van der Waals surface area contributed by atoms with Crippen molar-refractivity contribution in [2.24, 2.45) is 0 Å². The summed E-state index contributed by atoms with van der Waals surface area (Å²) in [6.45, 7) is 15.9. The molecule has 1 saturated heterocycles. The van der Waals surface area contributed by atoms with Crippen molar-refractivity contribution in [2.45, 2.75) is 39.8 Å². The molecule has 1 heterocycles. The van der Waals surface area contributed by atoms with Gasteiger partial charge in [-0.25, -0.2) is 0 Å². The monoisotopic (exact) mass is 425 g/mol. The Hall–Kier alpha value is -2.24. The molecule has 170 valence electrons. The fraction of sp³-hybridized carbons (Fsp3) is 0.538. The van der Waals surface area contributed by atoms with Gasteiger partial charge in [-0.05, 0) is 63.1 Å². The second-order valence-corrected chi connectivity index (χ2v) is 8.87. The van der Waals surface area contributed by atoms with Crippen LogP contribution >= 0.6 is 0 Å². The summed E-state index contributed by atoms with van der Waals surface area (Å²) in [6.07, 6.45) is 0. The van der Waals surface area contributed by atoms with E-state index in [0.29, 0.717) is 12.1 Å². The normalized spacial score (nSPS) is 15.2. The minimum atomic E-state index is 0.602. The van der Waals surface area contributed by atoms with E-state index in [-0.39, 0.29) is 0 Å². The predicted molar refractivity (Wildman–Crippen MR) is 131 cm³/mol. The lowest BCUT2D eigenvalue weighted by molar-refractivity contribution is 0.140. The van der Waals surface area contributed by atoms with Crippen molar-refractivity contribution < 1.29 is 9.47 Å². The standard InChI is InChI=1S/C26H39N3O2/c1-20(2)29(21(3)4)18-15-27-13-16-28(17-14-27)24-10-7-22(8-11-24)23-9-12-25(30-5)26(19-23)31-6/h7-12,19-21H,13-18H2,1-6H3. The second kappa shape index (κ2) is 10.9. The lowest BCUT2D eigenvalue weighted by Gasteiger charge is -2.38. The average molecular weight is 426 g/mol. The highest BCUT2D eigenvalue weighted by molar-refractivity contribution is 5.69. The Balaban J connectivity index is 1.56. The summed E-state index contributed by atoms with van der Waals surface area (Å²) in [6, 6.07) is 16.1. The molecule has 1 fully saturated rings. The van der Waals surface area contributed by atoms with E-state index >= 15 is 0 Å². The number of anilines is 1. The molecule has 1 aliphatic heterocycles. The molecule has 0 bridgehead atoms. The minimum absolute atomic E-state index is 0.602. The Morgan fingerprint density at radius 2 is 1.35 bits per heavy atom. The van der Waals surface area contributed by atoms with Gasteiger partial charge in [-0.1, -0.05) is 18.2 Å². The fourth-order valence-electron chi connectivity index (χ4n) is 4.48. The topological polar surface area (TPSA) is 28.2 Å². The second-order valence-electron chi connectivity index (χ2n) is 8.87. The number of nitrogens with zero attached hydrogens (tertiary/aromatic N) is 3. The van der Waals surface area contributed by atoms with Crippen molar-refractivity contribution >= 4 is 5.69 Å². The smallest absolute Gasteiger partial charge is 0.161 e. The molecule has 0 amide bonds. The van der Waals surface area contributed by atoms with Crippen molar-refractivity contribution in [1.29, 1.82) is 0 Å². The van der Waals surface area contributed by atoms with E-state index in [1.165, 1.54) is 11.3 Å². The van der Waals surface area contributed by atoms with Gasteiger partial charge in [0, 0.05) is 57.0 Å². The lowest BCUT2D eigenvalue weighted by Crippen LogP contribution is -2.50. The molecule has 0 unspecified atom stereocenters. The Bertz CT molecular complexity index is 804. The first-order valence-corrected chi connectivity index (χ1v) is 11.5. The van der Waals surface area contributed by atoms with Crippen LogP contribution in [0.4, 0.5) is 5.69 Å². The van der Waals surface area contributed by atoms with Crippen LogP contribution in [0.25, 0.3) is 11.1 Å². The molecule has 31 heavy (non-hydrogen) atoms. The molecule has 0 radical (unpaired) electrons. The predicted octanol–water partition coefficient (Wildman–Crippen LogP) is 4.61. The summed E-state index contributed by atoms with van der Waals surface area (Å²) in [5.41, 5.74) is 3.62. The molecule has 0 aliphatic carbocycles. The zero-order valence-corrected chi connectivity index (χ0v) is 20.1. The quantitative estimate of drug-likeness (QED) is 0.585. The summed E-state index contributed by atoms with van der Waals surface area (Å²) < 4.78 is 10.8. The number of benzene rings is 2. The number of methoxy groups -OCH3 is 2. The van der Waals surface area contributed by atoms with Crippen LogP contribution < -0.4 is 14.4 Å². The Labute approximate surface area is 188 Å². The van der Waals surface area contributed by atoms with Crippen LogP contribution in [-0.4, -0.2) is 75.4 Å². The number of rotatable bonds is 9. The summed E-state index contributed by atoms with van der Waals surface area (Å²) in [4.78, 5) is 7.68. The van der Waals surface area contributed by atoms with E-state index < -0.39 is 0 Å². The van der Waals surface area contributed by atoms with Gasteiger partial charge < -0.3 is 14.4 Å². The molecule has 0 spiro atoms. The number of hydrogen-bond donors (Lipinski definition) is 0. The highest BCUT2D eigenvalue weighted by Gasteiger charge is 2.19. The van der Waals surface area contributed by atoms with E-state index in [9.17, 15) is 0 Å². The van der Waals surface area contributed by atoms with Gasteiger partial charge in [0.1, 0.15) is 0 Å². The molecule has 2 aromatic carbocycles. The first-order chi connectivity index (χ1) is 14.9. The first kappa shape index (κ1) is 23.4. The molecular formula is C26H39N3O2. The van der Waals surface area contributed by atoms with Crippen LogP contribution in [0, 0.1) is 0 Å². The Kier molecular flexibility index (Phi) is 8.22. The van der Waals surface area contributed by atoms with Crippen LogP contribution in [0.5, 0.6) is 11.5 Å². The minimum Gasteiger partial charge on any atom is -0.493 e. The van der Waals surface area contributed by atoms with E-state index in [0.717, 1.165) is 56.3 Å². The Morgan fingerprint density at radius 1 is 0.774 bits per heavy atom. The van der Waals surface area contributed by atoms with Gasteiger partial charge in [-0.3, -0.25) is 9.80 Å². The van der Waals surface area contributed by atoms with Gasteiger partial charge in [-0.15, -0.1) is 0 Å². The zero-order chi connectivity index (χ0) is 22.4. The third-order valence-corrected chi connectivity index (χ3v) is 6.32. The van der Waals surface area contributed by atoms with E-state index in [4.69, 9.17) is 9.47 Å². The third-order valence-electron chi connectivity index (χ3n) is 6.32. The van der Waals surface area contributed by atoms with Gasteiger partial charge >= 0.3 is 0 Å². The number of piperazine rings is 1. The molecule has 5 heteroatoms. The molecule has 5 nitrogen and oxygen atoms in total. The maximum Gasteiger partial charge on any atom is 0.161 e. The summed E-state index contributed by atoms with van der Waals surface area (Å²) >= 11 is 0. The molecule has 3 rings (SSSR count). The summed E-state index contributed by atoms with van der Waals surface area (Å²) in [7, 11) is 3.34. The third kappa shape index (κ3) is 5.92. The Morgan fingerprint density at radius 3 is 1.90 bits per heavy atom. The van der Waals surface area contributed by atoms with Gasteiger partial charge in [0.2, 0.25) is 0 Å². The van der Waals surface area contributed by atoms with Crippen LogP contribution in [0.2, 0.25) is 0 Å². The molecule has 0 N–H and O–H groups in total. The van der Waals surface area contributed by atoms with Gasteiger partial charge in [0.15, 0.2) is 11.5 Å². The molecule has 2 aromatic rings. The highest BCUT2D eigenvalue weighted by Crippen LogP contribution is 2.33. The average Bonchev–Trinajstić information content (AvgIpc) is 2.79. The van der Waals surface area contributed by atoms with Crippen LogP contribution in [0.3, 0.4) is 0 Å². The number of ether oxygens (including phenoxy) is 2. The van der Waals surface area contributed by atoms with Gasteiger partial charge in [0.05, 0.1) is 14.2 Å². The summed E-state index contributed by atoms with van der Waals surface area (Å²) in [5.74, 6) is 1.51. The maximum absolute atomic E-state index is 5.45. The molecule has 1 aliphatic rings. The van der Waals surface area contributed by atoms with E-state index in [2.05, 4.69) is 72.7 Å². The molecule has 0 saturated carbocycles. The molecular weight excluding hydrogens is 386 g/mol. The van der Waals surface area contributed by atoms with Crippen molar-refractivity contribution in [1.82, 2.24) is 9.80 Å². The fourth-order valence-corrected chi connectivity index (χ4v) is 4.48. The molecule has 0 aromatic heterocycles. The maximum atomic E-state index is 5.45. The lowest BCUT2D eigenvalue weighted by atomic mass is 10.0. The van der Waals surface area contributed by atoms with Gasteiger partial charge in [0.25, 0.3) is 0 Å². The SMILES string of the molecule is COc1ccc(-c2ccc(N3CCN(CCN(C(C)C)C(C)C)CC3)cc2)cc1OC. The van der Waals surface area contributed by atoms with Crippen molar-refractivity contribution in [3.05, 3.63) is 42.5 Å². The summed E-state index contributed by atoms with van der Waals surface area (Å²) in [5, 5.41) is 0. The van der Waals surface area contributed by atoms with Crippen molar-refractivity contribution in [3.8, 4) is 22.6 Å². The largest absolute Gasteiger partial charge is 0.493 e. The zero-order valence-electron chi connectivity index (χ0n) is 20.1. The molecule has 0 atom stereocenters.